The topological polar surface area (TPSA) is 78.6 Å². The van der Waals surface area contributed by atoms with Crippen molar-refractivity contribution in [2.75, 3.05) is 0 Å². The number of carbonyl (C=O) groups excluding carboxylic acids is 1. The Labute approximate surface area is 148 Å². The van der Waals surface area contributed by atoms with E-state index in [-0.39, 0.29) is 12.1 Å². The van der Waals surface area contributed by atoms with Gasteiger partial charge in [0.15, 0.2) is 0 Å². The van der Waals surface area contributed by atoms with E-state index < -0.39 is 18.2 Å². The summed E-state index contributed by atoms with van der Waals surface area (Å²) in [6, 6.07) is 18.4. The van der Waals surface area contributed by atoms with Crippen molar-refractivity contribution in [2.45, 2.75) is 44.2 Å². The Hall–Kier alpha value is -2.21. The standard InChI is InChI=1S/C20H25N3O2/c1-14-22-18(19(24)17(21)12-15-8-4-2-5-9-15)20(25)23(14)13-16-10-6-3-7-11-16/h2-11,14,17-19,22,24H,12-13,21H2,1H3. The molecule has 1 aliphatic heterocycles. The number of carbonyl (C=O) groups is 1. The highest BCUT2D eigenvalue weighted by atomic mass is 16.3. The molecule has 25 heavy (non-hydrogen) atoms. The Morgan fingerprint density at radius 1 is 1.08 bits per heavy atom. The van der Waals surface area contributed by atoms with Gasteiger partial charge < -0.3 is 15.7 Å². The van der Waals surface area contributed by atoms with Crippen LogP contribution in [0.25, 0.3) is 0 Å². The summed E-state index contributed by atoms with van der Waals surface area (Å²) < 4.78 is 0. The molecule has 5 nitrogen and oxygen atoms in total. The zero-order valence-electron chi connectivity index (χ0n) is 14.4. The van der Waals surface area contributed by atoms with Gasteiger partial charge in [0.25, 0.3) is 0 Å². The fraction of sp³-hybridized carbons (Fsp3) is 0.350. The minimum Gasteiger partial charge on any atom is -0.389 e. The predicted octanol–water partition coefficient (Wildman–Crippen LogP) is 1.26. The number of benzene rings is 2. The third-order valence-electron chi connectivity index (χ3n) is 4.73. The average Bonchev–Trinajstić information content (AvgIpc) is 2.91. The van der Waals surface area contributed by atoms with Crippen molar-refractivity contribution in [3.05, 3.63) is 71.8 Å². The second kappa shape index (κ2) is 7.78. The van der Waals surface area contributed by atoms with Gasteiger partial charge in [-0.25, -0.2) is 0 Å². The zero-order chi connectivity index (χ0) is 17.8. The van der Waals surface area contributed by atoms with Crippen molar-refractivity contribution < 1.29 is 9.90 Å². The van der Waals surface area contributed by atoms with E-state index >= 15 is 0 Å². The van der Waals surface area contributed by atoms with E-state index in [4.69, 9.17) is 5.73 Å². The summed E-state index contributed by atoms with van der Waals surface area (Å²) in [5.74, 6) is -0.104. The molecule has 3 rings (SSSR count). The van der Waals surface area contributed by atoms with Crippen LogP contribution >= 0.6 is 0 Å². The number of aliphatic hydroxyl groups is 1. The summed E-state index contributed by atoms with van der Waals surface area (Å²) in [5, 5.41) is 13.8. The Bertz CT molecular complexity index is 693. The highest BCUT2D eigenvalue weighted by Crippen LogP contribution is 2.19. The molecule has 0 saturated carbocycles. The molecule has 4 atom stereocenters. The SMILES string of the molecule is CC1NC(C(O)C(N)Cc2ccccc2)C(=O)N1Cc1ccccc1. The summed E-state index contributed by atoms with van der Waals surface area (Å²) in [6.07, 6.45) is -0.548. The van der Waals surface area contributed by atoms with Crippen LogP contribution < -0.4 is 11.1 Å². The Kier molecular flexibility index (Phi) is 5.48. The number of aliphatic hydroxyl groups excluding tert-OH is 1. The van der Waals surface area contributed by atoms with Gasteiger partial charge >= 0.3 is 0 Å². The molecule has 0 aromatic heterocycles. The molecule has 2 aromatic carbocycles. The third-order valence-corrected chi connectivity index (χ3v) is 4.73. The lowest BCUT2D eigenvalue weighted by Crippen LogP contribution is -2.51. The number of amides is 1. The lowest BCUT2D eigenvalue weighted by molar-refractivity contribution is -0.132. The molecule has 1 aliphatic rings. The van der Waals surface area contributed by atoms with E-state index in [1.54, 1.807) is 4.90 Å². The van der Waals surface area contributed by atoms with Crippen molar-refractivity contribution in [2.24, 2.45) is 5.73 Å². The molecular formula is C20H25N3O2. The zero-order valence-corrected chi connectivity index (χ0v) is 14.4. The summed E-state index contributed by atoms with van der Waals surface area (Å²) in [7, 11) is 0. The monoisotopic (exact) mass is 339 g/mol. The number of hydrogen-bond acceptors (Lipinski definition) is 4. The molecule has 0 spiro atoms. The van der Waals surface area contributed by atoms with E-state index in [2.05, 4.69) is 5.32 Å². The maximum absolute atomic E-state index is 12.8. The molecule has 0 aliphatic carbocycles. The quantitative estimate of drug-likeness (QED) is 0.740. The maximum Gasteiger partial charge on any atom is 0.244 e. The first-order chi connectivity index (χ1) is 12.1. The number of hydrogen-bond donors (Lipinski definition) is 3. The van der Waals surface area contributed by atoms with E-state index in [0.717, 1.165) is 11.1 Å². The first-order valence-corrected chi connectivity index (χ1v) is 8.64. The first-order valence-electron chi connectivity index (χ1n) is 8.64. The van der Waals surface area contributed by atoms with Crippen LogP contribution in [0.15, 0.2) is 60.7 Å². The summed E-state index contributed by atoms with van der Waals surface area (Å²) in [5.41, 5.74) is 8.29. The minimum atomic E-state index is -0.934. The van der Waals surface area contributed by atoms with Crippen LogP contribution in [0.1, 0.15) is 18.1 Å². The van der Waals surface area contributed by atoms with Crippen molar-refractivity contribution >= 4 is 5.91 Å². The van der Waals surface area contributed by atoms with Crippen molar-refractivity contribution in [1.29, 1.82) is 0 Å². The highest BCUT2D eigenvalue weighted by Gasteiger charge is 2.42. The van der Waals surface area contributed by atoms with Crippen LogP contribution in [0, 0.1) is 0 Å². The fourth-order valence-corrected chi connectivity index (χ4v) is 3.28. The summed E-state index contributed by atoms with van der Waals surface area (Å²) in [6.45, 7) is 2.45. The maximum atomic E-state index is 12.8. The molecule has 132 valence electrons. The van der Waals surface area contributed by atoms with Gasteiger partial charge in [-0.05, 0) is 24.5 Å². The predicted molar refractivity (Wildman–Crippen MR) is 97.5 cm³/mol. The van der Waals surface area contributed by atoms with Gasteiger partial charge in [0.1, 0.15) is 6.04 Å². The van der Waals surface area contributed by atoms with Gasteiger partial charge in [0, 0.05) is 12.6 Å². The lowest BCUT2D eigenvalue weighted by Gasteiger charge is -2.23. The van der Waals surface area contributed by atoms with Gasteiger partial charge in [0.05, 0.1) is 12.3 Å². The molecule has 5 heteroatoms. The Balaban J connectivity index is 1.65. The van der Waals surface area contributed by atoms with Crippen molar-refractivity contribution in [1.82, 2.24) is 10.2 Å². The molecule has 1 amide bonds. The van der Waals surface area contributed by atoms with Crippen LogP contribution in [0.5, 0.6) is 0 Å². The van der Waals surface area contributed by atoms with Gasteiger partial charge in [-0.15, -0.1) is 0 Å². The van der Waals surface area contributed by atoms with Crippen LogP contribution in [-0.4, -0.2) is 40.3 Å². The average molecular weight is 339 g/mol. The normalized spacial score (nSPS) is 22.8. The number of nitrogens with one attached hydrogen (secondary N) is 1. The Morgan fingerprint density at radius 2 is 1.64 bits per heavy atom. The largest absolute Gasteiger partial charge is 0.389 e. The number of nitrogens with zero attached hydrogens (tertiary/aromatic N) is 1. The Morgan fingerprint density at radius 3 is 2.24 bits per heavy atom. The molecule has 1 heterocycles. The molecule has 4 N–H and O–H groups in total. The fourth-order valence-electron chi connectivity index (χ4n) is 3.28. The molecule has 2 aromatic rings. The second-order valence-corrected chi connectivity index (χ2v) is 6.62. The molecular weight excluding hydrogens is 314 g/mol. The van der Waals surface area contributed by atoms with E-state index in [1.165, 1.54) is 0 Å². The van der Waals surface area contributed by atoms with Crippen LogP contribution in [-0.2, 0) is 17.8 Å². The molecule has 0 radical (unpaired) electrons. The van der Waals surface area contributed by atoms with E-state index in [9.17, 15) is 9.90 Å². The second-order valence-electron chi connectivity index (χ2n) is 6.62. The van der Waals surface area contributed by atoms with Gasteiger partial charge in [-0.2, -0.15) is 0 Å². The van der Waals surface area contributed by atoms with Crippen LogP contribution in [0.2, 0.25) is 0 Å². The van der Waals surface area contributed by atoms with E-state index in [1.807, 2.05) is 67.6 Å². The molecule has 4 unspecified atom stereocenters. The van der Waals surface area contributed by atoms with Gasteiger partial charge in [-0.3, -0.25) is 10.1 Å². The van der Waals surface area contributed by atoms with Crippen LogP contribution in [0.4, 0.5) is 0 Å². The lowest BCUT2D eigenvalue weighted by atomic mass is 9.97. The summed E-state index contributed by atoms with van der Waals surface area (Å²) in [4.78, 5) is 14.5. The molecule has 1 fully saturated rings. The third kappa shape index (κ3) is 4.07. The first kappa shape index (κ1) is 17.6. The van der Waals surface area contributed by atoms with Crippen molar-refractivity contribution in [3.63, 3.8) is 0 Å². The molecule has 1 saturated heterocycles. The van der Waals surface area contributed by atoms with Gasteiger partial charge in [0.2, 0.25) is 5.91 Å². The highest BCUT2D eigenvalue weighted by molar-refractivity contribution is 5.85. The summed E-state index contributed by atoms with van der Waals surface area (Å²) >= 11 is 0. The van der Waals surface area contributed by atoms with E-state index in [0.29, 0.717) is 13.0 Å². The number of rotatable bonds is 6. The minimum absolute atomic E-state index is 0.104. The van der Waals surface area contributed by atoms with Crippen LogP contribution in [0.3, 0.4) is 0 Å². The molecule has 0 bridgehead atoms. The smallest absolute Gasteiger partial charge is 0.244 e. The van der Waals surface area contributed by atoms with Gasteiger partial charge in [-0.1, -0.05) is 60.7 Å². The number of nitrogens with two attached hydrogens (primary N) is 1. The van der Waals surface area contributed by atoms with Crippen molar-refractivity contribution in [3.8, 4) is 0 Å².